The second-order valence-corrected chi connectivity index (χ2v) is 2.22. The quantitative estimate of drug-likeness (QED) is 0.436. The Morgan fingerprint density at radius 1 is 1.40 bits per heavy atom. The van der Waals surface area contributed by atoms with Gasteiger partial charge in [-0.2, -0.15) is 0 Å². The molecule has 0 N–H and O–H groups in total. The van der Waals surface area contributed by atoms with Gasteiger partial charge >= 0.3 is 0 Å². The van der Waals surface area contributed by atoms with Gasteiger partial charge in [-0.1, -0.05) is 0 Å². The molecule has 0 aromatic heterocycles. The van der Waals surface area contributed by atoms with Crippen molar-refractivity contribution in [1.29, 1.82) is 0 Å². The maximum Gasteiger partial charge on any atom is 0.0148 e. The smallest absolute Gasteiger partial charge is 0.0148 e. The Morgan fingerprint density at radius 2 is 1.40 bits per heavy atom. The fraction of sp³-hybridized carbons (Fsp3) is 1.00. The van der Waals surface area contributed by atoms with Gasteiger partial charge in [-0.05, 0) is 0 Å². The zero-order chi connectivity index (χ0) is 3.58. The summed E-state index contributed by atoms with van der Waals surface area (Å²) < 4.78 is 9.56. The molecule has 0 radical (unpaired) electrons. The van der Waals surface area contributed by atoms with Gasteiger partial charge in [0, 0.05) is 42.8 Å². The Labute approximate surface area is 47.4 Å². The molecular weight excluding hydrogens is 137 g/mol. The van der Waals surface area contributed by atoms with E-state index in [1.807, 2.05) is 0 Å². The van der Waals surface area contributed by atoms with E-state index in [9.17, 15) is 4.21 Å². The maximum atomic E-state index is 9.56. The van der Waals surface area contributed by atoms with E-state index < -0.39 is 10.8 Å². The van der Waals surface area contributed by atoms with Crippen molar-refractivity contribution in [3.05, 3.63) is 0 Å². The summed E-state index contributed by atoms with van der Waals surface area (Å²) in [6, 6.07) is 0. The molecule has 0 amide bonds. The zero-order valence-electron chi connectivity index (χ0n) is 3.52. The third kappa shape index (κ3) is 61.4. The monoisotopic (exact) mass is 142 g/mol. The van der Waals surface area contributed by atoms with Crippen LogP contribution in [0.1, 0.15) is 0 Å². The molecule has 0 aliphatic heterocycles. The predicted molar refractivity (Wildman–Crippen MR) is 20.0 cm³/mol. The minimum atomic E-state index is -0.611. The fourth-order valence-corrected chi connectivity index (χ4v) is 0. The summed E-state index contributed by atoms with van der Waals surface area (Å²) in [6.45, 7) is 0. The second-order valence-electron chi connectivity index (χ2n) is 0.742. The van der Waals surface area contributed by atoms with Gasteiger partial charge in [0.15, 0.2) is 0 Å². The van der Waals surface area contributed by atoms with Gasteiger partial charge in [0.2, 0.25) is 0 Å². The van der Waals surface area contributed by atoms with Crippen LogP contribution in [0.15, 0.2) is 0 Å². The molecule has 0 aromatic rings. The van der Waals surface area contributed by atoms with Gasteiger partial charge < -0.3 is 0 Å². The van der Waals surface area contributed by atoms with E-state index in [4.69, 9.17) is 0 Å². The van der Waals surface area contributed by atoms with E-state index in [1.165, 1.54) is 0 Å². The summed E-state index contributed by atoms with van der Waals surface area (Å²) in [7, 11) is -0.611. The topological polar surface area (TPSA) is 17.1 Å². The third-order valence-electron chi connectivity index (χ3n) is 0. The van der Waals surface area contributed by atoms with Gasteiger partial charge in [-0.3, -0.25) is 4.21 Å². The van der Waals surface area contributed by atoms with Crippen LogP contribution in [0.25, 0.3) is 0 Å². The molecule has 0 bridgehead atoms. The van der Waals surface area contributed by atoms with Gasteiger partial charge in [0.1, 0.15) is 0 Å². The van der Waals surface area contributed by atoms with Crippen LogP contribution in [0.5, 0.6) is 0 Å². The van der Waals surface area contributed by atoms with Crippen molar-refractivity contribution in [2.45, 2.75) is 0 Å². The van der Waals surface area contributed by atoms with Crippen LogP contribution in [0, 0.1) is 0 Å². The first-order valence-corrected chi connectivity index (χ1v) is 2.95. The first-order chi connectivity index (χ1) is 1.73. The molecular formula is C2H6OSZn. The average Bonchev–Trinajstić information content (AvgIpc) is 0.811. The molecule has 0 unspecified atom stereocenters. The Balaban J connectivity index is 0. The van der Waals surface area contributed by atoms with Gasteiger partial charge in [-0.15, -0.1) is 0 Å². The molecule has 5 heavy (non-hydrogen) atoms. The Kier molecular flexibility index (Phi) is 8.82. The predicted octanol–water partition coefficient (Wildman–Crippen LogP) is -0.00780. The summed E-state index contributed by atoms with van der Waals surface area (Å²) in [5.74, 6) is 0. The van der Waals surface area contributed by atoms with Crippen molar-refractivity contribution in [3.8, 4) is 0 Å². The van der Waals surface area contributed by atoms with Crippen LogP contribution in [-0.4, -0.2) is 16.7 Å². The van der Waals surface area contributed by atoms with Crippen LogP contribution >= 0.6 is 0 Å². The Bertz CT molecular complexity index is 32.6. The molecule has 0 saturated heterocycles. The molecule has 3 heteroatoms. The summed E-state index contributed by atoms with van der Waals surface area (Å²) in [6.07, 6.45) is 3.28. The van der Waals surface area contributed by atoms with E-state index in [1.54, 1.807) is 12.5 Å². The van der Waals surface area contributed by atoms with Crippen molar-refractivity contribution < 1.29 is 23.7 Å². The van der Waals surface area contributed by atoms with Crippen molar-refractivity contribution in [2.75, 3.05) is 12.5 Å². The Morgan fingerprint density at radius 3 is 1.40 bits per heavy atom. The minimum absolute atomic E-state index is 0. The van der Waals surface area contributed by atoms with Gasteiger partial charge in [-0.25, -0.2) is 0 Å². The van der Waals surface area contributed by atoms with Crippen molar-refractivity contribution in [3.63, 3.8) is 0 Å². The maximum absolute atomic E-state index is 9.56. The van der Waals surface area contributed by atoms with E-state index >= 15 is 0 Å². The first-order valence-electron chi connectivity index (χ1n) is 0.983. The molecule has 0 atom stereocenters. The first kappa shape index (κ1) is 9.24. The summed E-state index contributed by atoms with van der Waals surface area (Å²) >= 11 is 0. The molecule has 0 rings (SSSR count). The molecule has 0 fully saturated rings. The number of hydrogen-bond acceptors (Lipinski definition) is 1. The SMILES string of the molecule is CS(C)=O.[Zn]. The zero-order valence-corrected chi connectivity index (χ0v) is 7.31. The summed E-state index contributed by atoms with van der Waals surface area (Å²) in [5, 5.41) is 0. The Hall–Kier alpha value is 0.773. The standard InChI is InChI=1S/C2H6OS.Zn/c1-4(2)3;/h1-2H3;. The van der Waals surface area contributed by atoms with Crippen LogP contribution in [0.4, 0.5) is 0 Å². The summed E-state index contributed by atoms with van der Waals surface area (Å²) in [4.78, 5) is 0. The van der Waals surface area contributed by atoms with Crippen molar-refractivity contribution >= 4 is 10.8 Å². The van der Waals surface area contributed by atoms with Crippen LogP contribution in [0.2, 0.25) is 0 Å². The van der Waals surface area contributed by atoms with Crippen molar-refractivity contribution in [1.82, 2.24) is 0 Å². The second kappa shape index (κ2) is 4.77. The fourth-order valence-electron chi connectivity index (χ4n) is 0. The molecule has 0 heterocycles. The van der Waals surface area contributed by atoms with Crippen molar-refractivity contribution in [2.24, 2.45) is 0 Å². The third-order valence-corrected chi connectivity index (χ3v) is 0. The largest absolute Gasteiger partial charge is 0.260 e. The molecule has 0 saturated carbocycles. The van der Waals surface area contributed by atoms with E-state index in [0.717, 1.165) is 0 Å². The van der Waals surface area contributed by atoms with Crippen LogP contribution < -0.4 is 0 Å². The van der Waals surface area contributed by atoms with Crippen LogP contribution in [0.3, 0.4) is 0 Å². The molecule has 28 valence electrons. The molecule has 0 spiro atoms. The average molecular weight is 144 g/mol. The number of hydrogen-bond donors (Lipinski definition) is 0. The molecule has 0 aromatic carbocycles. The molecule has 1 nitrogen and oxygen atoms in total. The molecule has 0 aliphatic rings. The van der Waals surface area contributed by atoms with Gasteiger partial charge in [0.25, 0.3) is 0 Å². The van der Waals surface area contributed by atoms with E-state index in [0.29, 0.717) is 0 Å². The van der Waals surface area contributed by atoms with Crippen LogP contribution in [-0.2, 0) is 30.3 Å². The summed E-state index contributed by atoms with van der Waals surface area (Å²) in [5.41, 5.74) is 0. The van der Waals surface area contributed by atoms with E-state index in [2.05, 4.69) is 0 Å². The number of rotatable bonds is 0. The van der Waals surface area contributed by atoms with E-state index in [-0.39, 0.29) is 19.5 Å². The normalized spacial score (nSPS) is 7.00. The minimum Gasteiger partial charge on any atom is -0.260 e. The molecule has 0 aliphatic carbocycles. The van der Waals surface area contributed by atoms with Gasteiger partial charge in [0.05, 0.1) is 0 Å².